The molecule has 1 aromatic heterocycles. The maximum absolute atomic E-state index is 12.7. The van der Waals surface area contributed by atoms with Crippen molar-refractivity contribution < 1.29 is 13.2 Å². The molecule has 2 aliphatic rings. The number of hydrogen-bond donors (Lipinski definition) is 2. The highest BCUT2D eigenvalue weighted by Gasteiger charge is 2.29. The van der Waals surface area contributed by atoms with E-state index in [0.29, 0.717) is 18.8 Å². The van der Waals surface area contributed by atoms with Crippen molar-refractivity contribution in [3.05, 3.63) is 18.0 Å². The van der Waals surface area contributed by atoms with Gasteiger partial charge >= 0.3 is 0 Å². The van der Waals surface area contributed by atoms with E-state index in [1.165, 1.54) is 16.6 Å². The number of nitrogens with zero attached hydrogens (tertiary/aromatic N) is 2. The van der Waals surface area contributed by atoms with E-state index in [9.17, 15) is 13.2 Å². The van der Waals surface area contributed by atoms with Gasteiger partial charge in [-0.1, -0.05) is 6.42 Å². The minimum Gasteiger partial charge on any atom is -0.347 e. The summed E-state index contributed by atoms with van der Waals surface area (Å²) in [5.74, 6) is -0.216. The molecule has 1 aromatic rings. The number of nitrogens with one attached hydrogen (secondary N) is 2. The van der Waals surface area contributed by atoms with E-state index < -0.39 is 10.0 Å². The van der Waals surface area contributed by atoms with Crippen LogP contribution in [0.25, 0.3) is 0 Å². The Bertz CT molecular complexity index is 692. The topological polar surface area (TPSA) is 83.4 Å². The molecule has 0 aromatic carbocycles. The third-order valence-corrected chi connectivity index (χ3v) is 6.66. The molecule has 0 unspecified atom stereocenters. The lowest BCUT2D eigenvalue weighted by Crippen LogP contribution is -2.45. The molecule has 3 heterocycles. The molecule has 142 valence electrons. The highest BCUT2D eigenvalue weighted by Crippen LogP contribution is 2.22. The lowest BCUT2D eigenvalue weighted by Gasteiger charge is -2.25. The molecule has 0 spiro atoms. The van der Waals surface area contributed by atoms with Crippen LogP contribution in [0.15, 0.2) is 17.2 Å². The zero-order valence-electron chi connectivity index (χ0n) is 14.5. The number of aryl methyl sites for hydroxylation is 1. The van der Waals surface area contributed by atoms with Crippen LogP contribution in [0.3, 0.4) is 0 Å². The average Bonchev–Trinajstić information content (AvgIpc) is 2.99. The summed E-state index contributed by atoms with van der Waals surface area (Å²) < 4.78 is 28.6. The Morgan fingerprint density at radius 3 is 2.60 bits per heavy atom. The number of amides is 1. The Labute approximate surface area is 155 Å². The largest absolute Gasteiger partial charge is 0.347 e. The van der Waals surface area contributed by atoms with E-state index in [0.717, 1.165) is 45.2 Å². The Balaban J connectivity index is 0.00000225. The number of rotatable bonds is 4. The molecular formula is C16H27ClN4O3S. The Hall–Kier alpha value is -1.09. The van der Waals surface area contributed by atoms with Gasteiger partial charge in [0.05, 0.1) is 0 Å². The van der Waals surface area contributed by atoms with Gasteiger partial charge in [-0.3, -0.25) is 4.79 Å². The molecule has 7 nitrogen and oxygen atoms in total. The lowest BCUT2D eigenvalue weighted by atomic mass is 10.1. The van der Waals surface area contributed by atoms with E-state index in [1.807, 2.05) is 0 Å². The zero-order chi connectivity index (χ0) is 17.2. The Morgan fingerprint density at radius 2 is 1.96 bits per heavy atom. The first kappa shape index (κ1) is 20.2. The number of carbonyl (C=O) groups excluding carboxylic acids is 1. The average molecular weight is 391 g/mol. The standard InChI is InChI=1S/C16H26N4O3S.ClH/c1-19-12-14(24(22,23)20-8-3-2-4-9-20)10-15(19)16(21)18-13-6-5-7-17-11-13;/h10,12-13,17H,2-9,11H2,1H3,(H,18,21);1H/t13-;/m0./s1. The molecule has 1 amide bonds. The van der Waals surface area contributed by atoms with Gasteiger partial charge in [0.25, 0.3) is 5.91 Å². The number of sulfonamides is 1. The predicted molar refractivity (Wildman–Crippen MR) is 98.6 cm³/mol. The number of carbonyl (C=O) groups is 1. The second-order valence-electron chi connectivity index (χ2n) is 6.65. The molecule has 0 aliphatic carbocycles. The first-order valence-corrected chi connectivity index (χ1v) is 10.1. The van der Waals surface area contributed by atoms with Crippen molar-refractivity contribution in [3.8, 4) is 0 Å². The molecular weight excluding hydrogens is 364 g/mol. The molecule has 0 saturated carbocycles. The SMILES string of the molecule is Cl.Cn1cc(S(=O)(=O)N2CCCCC2)cc1C(=O)N[C@H]1CCCNC1. The van der Waals surface area contributed by atoms with Crippen LogP contribution >= 0.6 is 12.4 Å². The third kappa shape index (κ3) is 4.55. The van der Waals surface area contributed by atoms with Crippen molar-refractivity contribution in [1.82, 2.24) is 19.5 Å². The Morgan fingerprint density at radius 1 is 1.24 bits per heavy atom. The lowest BCUT2D eigenvalue weighted by molar-refractivity contribution is 0.0922. The van der Waals surface area contributed by atoms with E-state index in [4.69, 9.17) is 0 Å². The van der Waals surface area contributed by atoms with Gasteiger partial charge in [0.1, 0.15) is 10.6 Å². The minimum atomic E-state index is -3.51. The second-order valence-corrected chi connectivity index (χ2v) is 8.59. The van der Waals surface area contributed by atoms with Crippen molar-refractivity contribution in [2.75, 3.05) is 26.2 Å². The van der Waals surface area contributed by atoms with Gasteiger partial charge in [-0.15, -0.1) is 12.4 Å². The second kappa shape index (κ2) is 8.53. The van der Waals surface area contributed by atoms with Gasteiger partial charge in [-0.25, -0.2) is 8.42 Å². The van der Waals surface area contributed by atoms with Crippen LogP contribution < -0.4 is 10.6 Å². The summed E-state index contributed by atoms with van der Waals surface area (Å²) in [7, 11) is -1.80. The number of piperidine rings is 2. The maximum atomic E-state index is 12.7. The molecule has 2 saturated heterocycles. The van der Waals surface area contributed by atoms with Crippen LogP contribution in [-0.4, -0.2) is 55.4 Å². The van der Waals surface area contributed by atoms with Crippen LogP contribution in [0.4, 0.5) is 0 Å². The summed E-state index contributed by atoms with van der Waals surface area (Å²) in [6, 6.07) is 1.60. The first-order chi connectivity index (χ1) is 11.5. The molecule has 3 rings (SSSR count). The van der Waals surface area contributed by atoms with Gasteiger partial charge in [0, 0.05) is 38.9 Å². The minimum absolute atomic E-state index is 0. The number of aromatic nitrogens is 1. The van der Waals surface area contributed by atoms with Gasteiger partial charge < -0.3 is 15.2 Å². The normalized spacial score (nSPS) is 22.2. The molecule has 2 fully saturated rings. The van der Waals surface area contributed by atoms with Gasteiger partial charge in [0.2, 0.25) is 10.0 Å². The fourth-order valence-electron chi connectivity index (χ4n) is 3.39. The fraction of sp³-hybridized carbons (Fsp3) is 0.688. The summed E-state index contributed by atoms with van der Waals surface area (Å²) in [5.41, 5.74) is 0.385. The summed E-state index contributed by atoms with van der Waals surface area (Å²) in [6.07, 6.45) is 6.39. The Kier molecular flexibility index (Phi) is 6.90. The molecule has 2 N–H and O–H groups in total. The summed E-state index contributed by atoms with van der Waals surface area (Å²) in [6.45, 7) is 2.86. The highest BCUT2D eigenvalue weighted by molar-refractivity contribution is 7.89. The van der Waals surface area contributed by atoms with Crippen molar-refractivity contribution in [2.24, 2.45) is 7.05 Å². The summed E-state index contributed by atoms with van der Waals surface area (Å²) in [5, 5.41) is 6.24. The molecule has 0 bridgehead atoms. The molecule has 25 heavy (non-hydrogen) atoms. The van der Waals surface area contributed by atoms with E-state index in [-0.39, 0.29) is 29.3 Å². The predicted octanol–water partition coefficient (Wildman–Crippen LogP) is 1.10. The van der Waals surface area contributed by atoms with Crippen molar-refractivity contribution in [2.45, 2.75) is 43.0 Å². The van der Waals surface area contributed by atoms with Gasteiger partial charge in [-0.05, 0) is 38.3 Å². The molecule has 9 heteroatoms. The van der Waals surface area contributed by atoms with Crippen molar-refractivity contribution >= 4 is 28.3 Å². The number of hydrogen-bond acceptors (Lipinski definition) is 4. The van der Waals surface area contributed by atoms with Crippen LogP contribution in [0.2, 0.25) is 0 Å². The zero-order valence-corrected chi connectivity index (χ0v) is 16.2. The number of halogens is 1. The van der Waals surface area contributed by atoms with E-state index in [2.05, 4.69) is 10.6 Å². The van der Waals surface area contributed by atoms with Crippen LogP contribution in [0, 0.1) is 0 Å². The van der Waals surface area contributed by atoms with Crippen molar-refractivity contribution in [3.63, 3.8) is 0 Å². The van der Waals surface area contributed by atoms with E-state index in [1.54, 1.807) is 11.6 Å². The van der Waals surface area contributed by atoms with Crippen LogP contribution in [0.5, 0.6) is 0 Å². The molecule has 2 aliphatic heterocycles. The van der Waals surface area contributed by atoms with Crippen LogP contribution in [-0.2, 0) is 17.1 Å². The van der Waals surface area contributed by atoms with E-state index >= 15 is 0 Å². The van der Waals surface area contributed by atoms with Crippen LogP contribution in [0.1, 0.15) is 42.6 Å². The quantitative estimate of drug-likeness (QED) is 0.806. The smallest absolute Gasteiger partial charge is 0.268 e. The third-order valence-electron chi connectivity index (χ3n) is 4.80. The molecule has 1 atom stereocenters. The maximum Gasteiger partial charge on any atom is 0.268 e. The highest BCUT2D eigenvalue weighted by atomic mass is 35.5. The van der Waals surface area contributed by atoms with Crippen molar-refractivity contribution in [1.29, 1.82) is 0 Å². The first-order valence-electron chi connectivity index (χ1n) is 8.66. The molecule has 0 radical (unpaired) electrons. The monoisotopic (exact) mass is 390 g/mol. The summed E-state index contributed by atoms with van der Waals surface area (Å²) in [4.78, 5) is 12.7. The van der Waals surface area contributed by atoms with Gasteiger partial charge in [-0.2, -0.15) is 4.31 Å². The fourth-order valence-corrected chi connectivity index (χ4v) is 4.98. The van der Waals surface area contributed by atoms with Gasteiger partial charge in [0.15, 0.2) is 0 Å². The summed E-state index contributed by atoms with van der Waals surface area (Å²) >= 11 is 0.